The molecule has 1 aliphatic rings. The van der Waals surface area contributed by atoms with Gasteiger partial charge < -0.3 is 5.11 Å². The largest absolute Gasteiger partial charge is 0.392 e. The minimum Gasteiger partial charge on any atom is -0.392 e. The number of rotatable bonds is 5. The van der Waals surface area contributed by atoms with Crippen LogP contribution in [-0.2, 0) is 16.6 Å². The summed E-state index contributed by atoms with van der Waals surface area (Å²) in [4.78, 5) is -0.420. The lowest BCUT2D eigenvalue weighted by Crippen LogP contribution is -2.31. The van der Waals surface area contributed by atoms with Crippen LogP contribution in [-0.4, -0.2) is 20.1 Å². The molecule has 0 amide bonds. The summed E-state index contributed by atoms with van der Waals surface area (Å²) in [5, 5.41) is 9.09. The van der Waals surface area contributed by atoms with Crippen LogP contribution in [0.25, 0.3) is 0 Å². The minimum atomic E-state index is -3.91. The number of halogens is 2. The van der Waals surface area contributed by atoms with Crippen molar-refractivity contribution in [1.29, 1.82) is 0 Å². The molecule has 0 heterocycles. The maximum Gasteiger partial charge on any atom is 0.243 e. The van der Waals surface area contributed by atoms with Gasteiger partial charge in [-0.15, -0.1) is 0 Å². The van der Waals surface area contributed by atoms with Crippen molar-refractivity contribution in [2.24, 2.45) is 5.92 Å². The molecule has 1 aromatic carbocycles. The van der Waals surface area contributed by atoms with Gasteiger partial charge in [0.2, 0.25) is 10.0 Å². The molecule has 7 heteroatoms. The number of hydrogen-bond donors (Lipinski definition) is 2. The Morgan fingerprint density at radius 1 is 1.29 bits per heavy atom. The Hall–Kier alpha value is -0.500. The van der Waals surface area contributed by atoms with Gasteiger partial charge in [-0.25, -0.2) is 17.5 Å². The van der Waals surface area contributed by atoms with Crippen molar-refractivity contribution in [2.45, 2.75) is 43.6 Å². The Labute approximate surface area is 132 Å². The smallest absolute Gasteiger partial charge is 0.243 e. The summed E-state index contributed by atoms with van der Waals surface area (Å²) < 4.78 is 41.6. The minimum absolute atomic E-state index is 0.0394. The van der Waals surface area contributed by atoms with Crippen molar-refractivity contribution in [2.75, 3.05) is 6.54 Å². The molecule has 0 spiro atoms. The molecule has 0 saturated heterocycles. The molecule has 1 aromatic rings. The zero-order valence-electron chi connectivity index (χ0n) is 11.6. The van der Waals surface area contributed by atoms with Crippen LogP contribution in [0.1, 0.15) is 37.7 Å². The second kappa shape index (κ2) is 7.17. The lowest BCUT2D eigenvalue weighted by atomic mass is 9.90. The molecule has 4 nitrogen and oxygen atoms in total. The van der Waals surface area contributed by atoms with Gasteiger partial charge in [0, 0.05) is 16.6 Å². The third kappa shape index (κ3) is 4.25. The summed E-state index contributed by atoms with van der Waals surface area (Å²) in [6, 6.07) is 2.59. The third-order valence-electron chi connectivity index (χ3n) is 3.83. The monoisotopic (exact) mass is 379 g/mol. The van der Waals surface area contributed by atoms with Crippen molar-refractivity contribution in [3.05, 3.63) is 28.0 Å². The maximum absolute atomic E-state index is 14.1. The standard InChI is InChI=1S/C14H19BrFNO3S/c15-12-6-11(9-18)14(16)13(7-12)21(19,20)17-8-10-4-2-1-3-5-10/h6-7,10,17-18H,1-5,8-9H2. The topological polar surface area (TPSA) is 66.4 Å². The van der Waals surface area contributed by atoms with Crippen molar-refractivity contribution >= 4 is 26.0 Å². The van der Waals surface area contributed by atoms with Crippen LogP contribution in [0.2, 0.25) is 0 Å². The summed E-state index contributed by atoms with van der Waals surface area (Å²) in [7, 11) is -3.91. The van der Waals surface area contributed by atoms with Crippen molar-refractivity contribution in [3.8, 4) is 0 Å². The highest BCUT2D eigenvalue weighted by molar-refractivity contribution is 9.10. The van der Waals surface area contributed by atoms with Crippen molar-refractivity contribution in [3.63, 3.8) is 0 Å². The molecule has 0 radical (unpaired) electrons. The first kappa shape index (κ1) is 16.9. The van der Waals surface area contributed by atoms with Crippen LogP contribution >= 0.6 is 15.9 Å². The second-order valence-corrected chi connectivity index (χ2v) is 8.04. The highest BCUT2D eigenvalue weighted by Gasteiger charge is 2.24. The molecule has 0 unspecified atom stereocenters. The molecule has 1 fully saturated rings. The van der Waals surface area contributed by atoms with Crippen LogP contribution < -0.4 is 4.72 Å². The van der Waals surface area contributed by atoms with Gasteiger partial charge in [-0.3, -0.25) is 0 Å². The van der Waals surface area contributed by atoms with Crippen LogP contribution in [0.4, 0.5) is 4.39 Å². The lowest BCUT2D eigenvalue weighted by Gasteiger charge is -2.21. The van der Waals surface area contributed by atoms with Gasteiger partial charge >= 0.3 is 0 Å². The number of aliphatic hydroxyl groups excluding tert-OH is 1. The predicted octanol–water partition coefficient (Wildman–Crippen LogP) is 2.94. The maximum atomic E-state index is 14.1. The van der Waals surface area contributed by atoms with Crippen LogP contribution in [0.5, 0.6) is 0 Å². The van der Waals surface area contributed by atoms with E-state index >= 15 is 0 Å². The summed E-state index contributed by atoms with van der Waals surface area (Å²) >= 11 is 3.14. The molecule has 0 aromatic heterocycles. The molecular formula is C14H19BrFNO3S. The Morgan fingerprint density at radius 3 is 2.57 bits per heavy atom. The fraction of sp³-hybridized carbons (Fsp3) is 0.571. The van der Waals surface area contributed by atoms with E-state index in [4.69, 9.17) is 5.11 Å². The second-order valence-electron chi connectivity index (χ2n) is 5.39. The number of aliphatic hydroxyl groups is 1. The van der Waals surface area contributed by atoms with Gasteiger partial charge in [0.25, 0.3) is 0 Å². The first-order valence-electron chi connectivity index (χ1n) is 7.02. The average Bonchev–Trinajstić information content (AvgIpc) is 2.48. The zero-order valence-corrected chi connectivity index (χ0v) is 14.0. The SMILES string of the molecule is O=S(=O)(NCC1CCCCC1)c1cc(Br)cc(CO)c1F. The molecule has 0 atom stereocenters. The normalized spacial score (nSPS) is 17.1. The number of sulfonamides is 1. The van der Waals surface area contributed by atoms with E-state index in [1.165, 1.54) is 18.6 Å². The van der Waals surface area contributed by atoms with Crippen LogP contribution in [0.15, 0.2) is 21.5 Å². The van der Waals surface area contributed by atoms with Gasteiger partial charge in [0.05, 0.1) is 6.61 Å². The molecule has 0 aliphatic heterocycles. The Balaban J connectivity index is 2.17. The molecule has 1 saturated carbocycles. The molecule has 1 aliphatic carbocycles. The van der Waals surface area contributed by atoms with Gasteiger partial charge in [-0.1, -0.05) is 35.2 Å². The van der Waals surface area contributed by atoms with Gasteiger partial charge in [0.1, 0.15) is 10.7 Å². The fourth-order valence-corrected chi connectivity index (χ4v) is 4.54. The summed E-state index contributed by atoms with van der Waals surface area (Å²) in [5.74, 6) is -0.571. The molecule has 2 rings (SSSR count). The molecule has 21 heavy (non-hydrogen) atoms. The summed E-state index contributed by atoms with van der Waals surface area (Å²) in [6.07, 6.45) is 5.44. The van der Waals surface area contributed by atoms with Crippen molar-refractivity contribution < 1.29 is 17.9 Å². The van der Waals surface area contributed by atoms with Crippen LogP contribution in [0.3, 0.4) is 0 Å². The highest BCUT2D eigenvalue weighted by atomic mass is 79.9. The van der Waals surface area contributed by atoms with Gasteiger partial charge in [-0.2, -0.15) is 0 Å². The van der Waals surface area contributed by atoms with Crippen LogP contribution in [0, 0.1) is 11.7 Å². The van der Waals surface area contributed by atoms with Gasteiger partial charge in [-0.05, 0) is 30.9 Å². The Kier molecular flexibility index (Phi) is 5.76. The highest BCUT2D eigenvalue weighted by Crippen LogP contribution is 2.26. The van der Waals surface area contributed by atoms with Gasteiger partial charge in [0.15, 0.2) is 0 Å². The van der Waals surface area contributed by atoms with Crippen molar-refractivity contribution in [1.82, 2.24) is 4.72 Å². The van der Waals surface area contributed by atoms with E-state index in [0.717, 1.165) is 25.7 Å². The Bertz CT molecular complexity index is 600. The van der Waals surface area contributed by atoms with E-state index in [1.807, 2.05) is 0 Å². The molecule has 118 valence electrons. The fourth-order valence-electron chi connectivity index (χ4n) is 2.63. The quantitative estimate of drug-likeness (QED) is 0.826. The van der Waals surface area contributed by atoms with E-state index < -0.39 is 27.3 Å². The third-order valence-corrected chi connectivity index (χ3v) is 5.71. The Morgan fingerprint density at radius 2 is 1.95 bits per heavy atom. The lowest BCUT2D eigenvalue weighted by molar-refractivity contribution is 0.274. The zero-order chi connectivity index (χ0) is 15.5. The summed E-state index contributed by atoms with van der Waals surface area (Å²) in [6.45, 7) is -0.209. The predicted molar refractivity (Wildman–Crippen MR) is 81.8 cm³/mol. The molecule has 2 N–H and O–H groups in total. The van der Waals surface area contributed by atoms with E-state index in [0.29, 0.717) is 16.9 Å². The molecular weight excluding hydrogens is 361 g/mol. The van der Waals surface area contributed by atoms with E-state index in [9.17, 15) is 12.8 Å². The van der Waals surface area contributed by atoms with E-state index in [2.05, 4.69) is 20.7 Å². The summed E-state index contributed by atoms with van der Waals surface area (Å²) in [5.41, 5.74) is -0.0394. The first-order valence-corrected chi connectivity index (χ1v) is 9.30. The average molecular weight is 380 g/mol. The van der Waals surface area contributed by atoms with E-state index in [1.54, 1.807) is 0 Å². The van der Waals surface area contributed by atoms with E-state index in [-0.39, 0.29) is 5.56 Å². The number of nitrogens with one attached hydrogen (secondary N) is 1. The molecule has 0 bridgehead atoms. The first-order chi connectivity index (χ1) is 9.94. The number of benzene rings is 1. The number of hydrogen-bond acceptors (Lipinski definition) is 3.